The maximum Gasteiger partial charge on any atom is 0.151 e. The Morgan fingerprint density at radius 3 is 2.84 bits per heavy atom. The third-order valence-electron chi connectivity index (χ3n) is 3.36. The first-order valence-electron chi connectivity index (χ1n) is 6.97. The summed E-state index contributed by atoms with van der Waals surface area (Å²) < 4.78 is 15.9. The highest BCUT2D eigenvalue weighted by atomic mass is 35.5. The van der Waals surface area contributed by atoms with Gasteiger partial charge in [-0.2, -0.15) is 0 Å². The first-order chi connectivity index (χ1) is 9.27. The van der Waals surface area contributed by atoms with Crippen molar-refractivity contribution in [3.8, 4) is 0 Å². The molecular weight excluding hydrogens is 263 g/mol. The van der Waals surface area contributed by atoms with Crippen LogP contribution in [0.1, 0.15) is 38.4 Å². The number of halogens is 2. The van der Waals surface area contributed by atoms with Gasteiger partial charge in [0.25, 0.3) is 0 Å². The normalized spacial score (nSPS) is 11.3. The van der Waals surface area contributed by atoms with Crippen molar-refractivity contribution in [1.82, 2.24) is 9.55 Å². The molecule has 1 aromatic carbocycles. The molecule has 0 unspecified atom stereocenters. The van der Waals surface area contributed by atoms with E-state index in [1.807, 2.05) is 6.07 Å². The first-order valence-corrected chi connectivity index (χ1v) is 7.51. The van der Waals surface area contributed by atoms with Crippen molar-refractivity contribution in [2.45, 2.75) is 45.6 Å². The fourth-order valence-electron chi connectivity index (χ4n) is 2.38. The van der Waals surface area contributed by atoms with Crippen molar-refractivity contribution >= 4 is 22.6 Å². The van der Waals surface area contributed by atoms with Crippen LogP contribution in [0.2, 0.25) is 0 Å². The monoisotopic (exact) mass is 282 g/mol. The summed E-state index contributed by atoms with van der Waals surface area (Å²) in [5, 5.41) is 0. The number of hydrogen-bond acceptors (Lipinski definition) is 1. The lowest BCUT2D eigenvalue weighted by molar-refractivity contribution is 0.576. The van der Waals surface area contributed by atoms with Crippen LogP contribution in [0.15, 0.2) is 18.2 Å². The van der Waals surface area contributed by atoms with Crippen LogP contribution in [0.25, 0.3) is 11.0 Å². The van der Waals surface area contributed by atoms with Crippen LogP contribution >= 0.6 is 11.6 Å². The number of aromatic nitrogens is 2. The van der Waals surface area contributed by atoms with Crippen LogP contribution in [0, 0.1) is 5.82 Å². The first kappa shape index (κ1) is 14.3. The second-order valence-corrected chi connectivity index (χ2v) is 5.16. The van der Waals surface area contributed by atoms with E-state index in [2.05, 4.69) is 16.5 Å². The molecule has 2 aromatic rings. The summed E-state index contributed by atoms with van der Waals surface area (Å²) in [5.41, 5.74) is 1.36. The number of fused-ring (bicyclic) bond motifs is 1. The smallest absolute Gasteiger partial charge is 0.151 e. The molecule has 1 heterocycles. The van der Waals surface area contributed by atoms with Gasteiger partial charge in [0.05, 0.1) is 5.52 Å². The molecule has 1 aromatic heterocycles. The summed E-state index contributed by atoms with van der Waals surface area (Å²) in [6, 6.07) is 5.14. The Morgan fingerprint density at radius 2 is 2.11 bits per heavy atom. The summed E-state index contributed by atoms with van der Waals surface area (Å²) in [6.07, 6.45) is 5.44. The average Bonchev–Trinajstić information content (AvgIpc) is 2.75. The van der Waals surface area contributed by atoms with Crippen LogP contribution in [-0.4, -0.2) is 15.4 Å². The quantitative estimate of drug-likeness (QED) is 0.539. The van der Waals surface area contributed by atoms with Crippen molar-refractivity contribution in [3.63, 3.8) is 0 Å². The van der Waals surface area contributed by atoms with Gasteiger partial charge in [0.15, 0.2) is 5.82 Å². The summed E-state index contributed by atoms with van der Waals surface area (Å²) in [7, 11) is 0. The number of unbranched alkanes of at least 4 members (excludes halogenated alkanes) is 3. The topological polar surface area (TPSA) is 17.8 Å². The Balaban J connectivity index is 2.27. The fourth-order valence-corrected chi connectivity index (χ4v) is 2.55. The summed E-state index contributed by atoms with van der Waals surface area (Å²) >= 11 is 5.81. The number of nitrogens with zero attached hydrogens (tertiary/aromatic N) is 2. The van der Waals surface area contributed by atoms with Crippen molar-refractivity contribution < 1.29 is 4.39 Å². The number of imidazole rings is 1. The lowest BCUT2D eigenvalue weighted by Crippen LogP contribution is -2.05. The fraction of sp³-hybridized carbons (Fsp3) is 0.533. The van der Waals surface area contributed by atoms with Gasteiger partial charge in [0.1, 0.15) is 11.3 Å². The zero-order chi connectivity index (χ0) is 13.7. The third kappa shape index (κ3) is 3.27. The molecule has 0 spiro atoms. The molecule has 19 heavy (non-hydrogen) atoms. The number of hydrogen-bond donors (Lipinski definition) is 0. The molecule has 0 bridgehead atoms. The van der Waals surface area contributed by atoms with Gasteiger partial charge in [0.2, 0.25) is 0 Å². The van der Waals surface area contributed by atoms with E-state index in [1.54, 1.807) is 6.07 Å². The zero-order valence-corrected chi connectivity index (χ0v) is 12.1. The van der Waals surface area contributed by atoms with E-state index < -0.39 is 0 Å². The second-order valence-electron chi connectivity index (χ2n) is 4.79. The van der Waals surface area contributed by atoms with E-state index in [-0.39, 0.29) is 5.82 Å². The Kier molecular flexibility index (Phi) is 5.20. The van der Waals surface area contributed by atoms with Crippen LogP contribution in [0.3, 0.4) is 0 Å². The molecular formula is C15H20ClFN2. The van der Waals surface area contributed by atoms with Crippen molar-refractivity contribution in [3.05, 3.63) is 29.8 Å². The zero-order valence-electron chi connectivity index (χ0n) is 11.3. The van der Waals surface area contributed by atoms with E-state index >= 15 is 0 Å². The van der Waals surface area contributed by atoms with E-state index in [4.69, 9.17) is 11.6 Å². The van der Waals surface area contributed by atoms with Gasteiger partial charge >= 0.3 is 0 Å². The number of benzene rings is 1. The highest BCUT2D eigenvalue weighted by molar-refractivity contribution is 6.17. The molecule has 0 saturated carbocycles. The molecule has 2 nitrogen and oxygen atoms in total. The van der Waals surface area contributed by atoms with Gasteiger partial charge < -0.3 is 4.57 Å². The van der Waals surface area contributed by atoms with Crippen LogP contribution in [0.5, 0.6) is 0 Å². The van der Waals surface area contributed by atoms with Crippen molar-refractivity contribution in [2.24, 2.45) is 0 Å². The second kappa shape index (κ2) is 6.90. The molecule has 104 valence electrons. The van der Waals surface area contributed by atoms with Gasteiger partial charge in [-0.05, 0) is 18.6 Å². The largest absolute Gasteiger partial charge is 0.328 e. The predicted molar refractivity (Wildman–Crippen MR) is 78.3 cm³/mol. The van der Waals surface area contributed by atoms with Crippen molar-refractivity contribution in [2.75, 3.05) is 5.88 Å². The SMILES string of the molecule is CCCCCCn1c(CCCl)nc2c(F)cccc21. The van der Waals surface area contributed by atoms with Crippen molar-refractivity contribution in [1.29, 1.82) is 0 Å². The molecule has 2 rings (SSSR count). The maximum atomic E-state index is 13.8. The molecule has 0 radical (unpaired) electrons. The van der Waals surface area contributed by atoms with E-state index in [0.717, 1.165) is 24.3 Å². The molecule has 0 atom stereocenters. The number of para-hydroxylation sites is 1. The number of aryl methyl sites for hydroxylation is 2. The number of alkyl halides is 1. The Hall–Kier alpha value is -1.09. The minimum absolute atomic E-state index is 0.249. The summed E-state index contributed by atoms with van der Waals surface area (Å²) in [5.74, 6) is 1.16. The van der Waals surface area contributed by atoms with Gasteiger partial charge in [-0.15, -0.1) is 11.6 Å². The summed E-state index contributed by atoms with van der Waals surface area (Å²) in [4.78, 5) is 4.40. The molecule has 0 fully saturated rings. The van der Waals surface area contributed by atoms with E-state index in [9.17, 15) is 4.39 Å². The maximum absolute atomic E-state index is 13.8. The molecule has 0 amide bonds. The standard InChI is InChI=1S/C15H20ClFN2/c1-2-3-4-5-11-19-13-8-6-7-12(17)15(13)18-14(19)9-10-16/h6-8H,2-5,9-11H2,1H3. The Morgan fingerprint density at radius 1 is 1.26 bits per heavy atom. The highest BCUT2D eigenvalue weighted by Crippen LogP contribution is 2.20. The van der Waals surface area contributed by atoms with Crippen LogP contribution < -0.4 is 0 Å². The molecule has 0 N–H and O–H groups in total. The number of rotatable bonds is 7. The Labute approximate surface area is 118 Å². The minimum Gasteiger partial charge on any atom is -0.328 e. The lowest BCUT2D eigenvalue weighted by Gasteiger charge is -2.08. The third-order valence-corrected chi connectivity index (χ3v) is 3.55. The molecule has 0 aliphatic heterocycles. The molecule has 0 aliphatic rings. The average molecular weight is 283 g/mol. The molecule has 4 heteroatoms. The van der Waals surface area contributed by atoms with Crippen LogP contribution in [0.4, 0.5) is 4.39 Å². The van der Waals surface area contributed by atoms with Crippen LogP contribution in [-0.2, 0) is 13.0 Å². The van der Waals surface area contributed by atoms with Gasteiger partial charge in [-0.25, -0.2) is 9.37 Å². The van der Waals surface area contributed by atoms with Gasteiger partial charge in [-0.1, -0.05) is 32.3 Å². The minimum atomic E-state index is -0.249. The molecule has 0 saturated heterocycles. The Bertz CT molecular complexity index is 536. The van der Waals surface area contributed by atoms with E-state index in [0.29, 0.717) is 17.8 Å². The highest BCUT2D eigenvalue weighted by Gasteiger charge is 2.12. The predicted octanol–water partition coefficient (Wildman–Crippen LogP) is 4.54. The van der Waals surface area contributed by atoms with E-state index in [1.165, 1.54) is 25.3 Å². The van der Waals surface area contributed by atoms with Gasteiger partial charge in [-0.3, -0.25) is 0 Å². The summed E-state index contributed by atoms with van der Waals surface area (Å²) in [6.45, 7) is 3.09. The molecule has 0 aliphatic carbocycles. The van der Waals surface area contributed by atoms with Gasteiger partial charge in [0, 0.05) is 18.8 Å². The lowest BCUT2D eigenvalue weighted by atomic mass is 10.2.